The van der Waals surface area contributed by atoms with E-state index in [4.69, 9.17) is 21.7 Å². The fourth-order valence-corrected chi connectivity index (χ4v) is 5.46. The lowest BCUT2D eigenvalue weighted by atomic mass is 9.80. The zero-order valence-electron chi connectivity index (χ0n) is 19.2. The van der Waals surface area contributed by atoms with Crippen molar-refractivity contribution >= 4 is 34.8 Å². The lowest BCUT2D eigenvalue weighted by Crippen LogP contribution is -2.18. The van der Waals surface area contributed by atoms with E-state index in [0.717, 1.165) is 58.3 Å². The van der Waals surface area contributed by atoms with Crippen LogP contribution in [0.4, 0.5) is 11.5 Å². The number of hydrogen-bond donors (Lipinski definition) is 3. The van der Waals surface area contributed by atoms with Crippen molar-refractivity contribution < 1.29 is 9.47 Å². The van der Waals surface area contributed by atoms with Crippen molar-refractivity contribution in [3.8, 4) is 17.2 Å². The number of aromatic nitrogens is 4. The monoisotopic (exact) mass is 473 g/mol. The summed E-state index contributed by atoms with van der Waals surface area (Å²) >= 11 is 5.87. The van der Waals surface area contributed by atoms with Gasteiger partial charge in [0.15, 0.2) is 16.3 Å². The van der Waals surface area contributed by atoms with Crippen LogP contribution in [0.1, 0.15) is 38.3 Å². The van der Waals surface area contributed by atoms with E-state index in [9.17, 15) is 0 Å². The molecule has 8 heteroatoms. The molecule has 0 saturated heterocycles. The van der Waals surface area contributed by atoms with E-state index in [1.165, 1.54) is 5.57 Å². The van der Waals surface area contributed by atoms with E-state index in [1.54, 1.807) is 6.33 Å². The SMILES string of the molecule is CC1=CC(C)C(c2c(Nc3ccc4c(c3)OCCO4)[nH]c(=S)n2-c2ccc3nc[nH]c3c2)CC1. The molecule has 0 saturated carbocycles. The number of hydrogen-bond acceptors (Lipinski definition) is 5. The number of ether oxygens (including phenoxy) is 2. The second kappa shape index (κ2) is 8.36. The van der Waals surface area contributed by atoms with Gasteiger partial charge in [0, 0.05) is 17.7 Å². The Hall–Kier alpha value is -3.52. The summed E-state index contributed by atoms with van der Waals surface area (Å²) in [7, 11) is 0. The number of benzene rings is 2. The third-order valence-electron chi connectivity index (χ3n) is 6.79. The lowest BCUT2D eigenvalue weighted by Gasteiger charge is -2.29. The highest BCUT2D eigenvalue weighted by Gasteiger charge is 2.29. The fourth-order valence-electron chi connectivity index (χ4n) is 5.16. The summed E-state index contributed by atoms with van der Waals surface area (Å²) in [6, 6.07) is 12.2. The Kier molecular flexibility index (Phi) is 5.17. The molecule has 0 spiro atoms. The van der Waals surface area contributed by atoms with Crippen LogP contribution in [-0.2, 0) is 0 Å². The number of rotatable bonds is 4. The van der Waals surface area contributed by atoms with E-state index < -0.39 is 0 Å². The molecule has 3 N–H and O–H groups in total. The van der Waals surface area contributed by atoms with Gasteiger partial charge >= 0.3 is 0 Å². The summed E-state index contributed by atoms with van der Waals surface area (Å²) in [6.45, 7) is 5.64. The Morgan fingerprint density at radius 2 is 1.97 bits per heavy atom. The van der Waals surface area contributed by atoms with E-state index in [0.29, 0.717) is 29.8 Å². The number of anilines is 2. The standard InChI is InChI=1S/C26H27N5O2S/c1-15-3-6-19(16(2)11-15)24-25(29-17-4-8-22-23(12-17)33-10-9-32-22)30-26(34)31(24)18-5-7-20-21(13-18)28-14-27-20/h4-5,7-8,11-14,16,19,29H,3,6,9-10H2,1-2H3,(H,27,28)(H,30,34). The normalized spacial score (nSPS) is 19.8. The molecule has 1 aliphatic heterocycles. The highest BCUT2D eigenvalue weighted by molar-refractivity contribution is 7.71. The highest BCUT2D eigenvalue weighted by atomic mass is 32.1. The minimum absolute atomic E-state index is 0.314. The van der Waals surface area contributed by atoms with Crippen molar-refractivity contribution in [1.82, 2.24) is 19.5 Å². The zero-order chi connectivity index (χ0) is 23.2. The number of nitrogens with one attached hydrogen (secondary N) is 3. The average Bonchev–Trinajstić information content (AvgIpc) is 3.42. The van der Waals surface area contributed by atoms with Gasteiger partial charge in [0.05, 0.1) is 28.7 Å². The number of aromatic amines is 2. The van der Waals surface area contributed by atoms with Gasteiger partial charge in [0.25, 0.3) is 0 Å². The van der Waals surface area contributed by atoms with Gasteiger partial charge in [0.1, 0.15) is 19.0 Å². The molecule has 2 aromatic carbocycles. The molecule has 34 heavy (non-hydrogen) atoms. The molecule has 0 bridgehead atoms. The topological polar surface area (TPSA) is 79.9 Å². The highest BCUT2D eigenvalue weighted by Crippen LogP contribution is 2.42. The van der Waals surface area contributed by atoms with Crippen molar-refractivity contribution in [3.05, 3.63) is 64.8 Å². The molecule has 1 aliphatic carbocycles. The van der Waals surface area contributed by atoms with Crippen LogP contribution in [0.25, 0.3) is 16.7 Å². The lowest BCUT2D eigenvalue weighted by molar-refractivity contribution is 0.171. The number of H-pyrrole nitrogens is 2. The largest absolute Gasteiger partial charge is 0.486 e. The quantitative estimate of drug-likeness (QED) is 0.237. The van der Waals surface area contributed by atoms with Crippen molar-refractivity contribution in [2.45, 2.75) is 32.6 Å². The van der Waals surface area contributed by atoms with Crippen molar-refractivity contribution in [2.75, 3.05) is 18.5 Å². The first-order valence-electron chi connectivity index (χ1n) is 11.7. The van der Waals surface area contributed by atoms with Gasteiger partial charge in [-0.3, -0.25) is 4.57 Å². The van der Waals surface area contributed by atoms with Crippen molar-refractivity contribution in [3.63, 3.8) is 0 Å². The van der Waals surface area contributed by atoms with Gasteiger partial charge in [-0.05, 0) is 68.2 Å². The van der Waals surface area contributed by atoms with Gasteiger partial charge in [-0.2, -0.15) is 0 Å². The molecule has 0 fully saturated rings. The third kappa shape index (κ3) is 3.68. The number of allylic oxidation sites excluding steroid dienone is 2. The molecule has 2 aromatic heterocycles. The van der Waals surface area contributed by atoms with Crippen LogP contribution in [0, 0.1) is 10.7 Å². The summed E-state index contributed by atoms with van der Waals surface area (Å²) in [4.78, 5) is 11.0. The van der Waals surface area contributed by atoms with Crippen molar-refractivity contribution in [1.29, 1.82) is 0 Å². The predicted octanol–water partition coefficient (Wildman–Crippen LogP) is 6.39. The molecule has 2 atom stereocenters. The summed E-state index contributed by atoms with van der Waals surface area (Å²) in [5, 5.41) is 3.60. The summed E-state index contributed by atoms with van der Waals surface area (Å²) < 4.78 is 14.3. The molecule has 2 aliphatic rings. The van der Waals surface area contributed by atoms with Crippen LogP contribution in [0.15, 0.2) is 54.4 Å². The van der Waals surface area contributed by atoms with Crippen LogP contribution in [0.5, 0.6) is 11.5 Å². The third-order valence-corrected chi connectivity index (χ3v) is 7.07. The Morgan fingerprint density at radius 1 is 1.12 bits per heavy atom. The summed E-state index contributed by atoms with van der Waals surface area (Å²) in [5.41, 5.74) is 6.47. The molecule has 4 aromatic rings. The van der Waals surface area contributed by atoms with Crippen LogP contribution < -0.4 is 14.8 Å². The van der Waals surface area contributed by atoms with Gasteiger partial charge < -0.3 is 24.8 Å². The van der Waals surface area contributed by atoms with E-state index in [1.807, 2.05) is 24.3 Å². The molecule has 3 heterocycles. The Morgan fingerprint density at radius 3 is 2.82 bits per heavy atom. The van der Waals surface area contributed by atoms with Crippen LogP contribution in [0.2, 0.25) is 0 Å². The average molecular weight is 474 g/mol. The smallest absolute Gasteiger partial charge is 0.183 e. The van der Waals surface area contributed by atoms with Crippen molar-refractivity contribution in [2.24, 2.45) is 5.92 Å². The number of nitrogens with zero attached hydrogens (tertiary/aromatic N) is 2. The predicted molar refractivity (Wildman–Crippen MR) is 136 cm³/mol. The van der Waals surface area contributed by atoms with Gasteiger partial charge in [-0.15, -0.1) is 0 Å². The Labute approximate surface area is 202 Å². The first kappa shape index (κ1) is 21.0. The maximum Gasteiger partial charge on any atom is 0.183 e. The van der Waals surface area contributed by atoms with Gasteiger partial charge in [0.2, 0.25) is 0 Å². The van der Waals surface area contributed by atoms with E-state index >= 15 is 0 Å². The van der Waals surface area contributed by atoms with E-state index in [-0.39, 0.29) is 0 Å². The minimum Gasteiger partial charge on any atom is -0.486 e. The molecular formula is C26H27N5O2S. The molecule has 0 radical (unpaired) electrons. The summed E-state index contributed by atoms with van der Waals surface area (Å²) in [6.07, 6.45) is 6.26. The molecule has 0 amide bonds. The Bertz CT molecular complexity index is 1460. The number of fused-ring (bicyclic) bond motifs is 2. The zero-order valence-corrected chi connectivity index (χ0v) is 20.0. The second-order valence-corrected chi connectivity index (χ2v) is 9.52. The first-order valence-corrected chi connectivity index (χ1v) is 12.1. The van der Waals surface area contributed by atoms with E-state index in [2.05, 4.69) is 56.9 Å². The maximum absolute atomic E-state index is 5.87. The molecular weight excluding hydrogens is 446 g/mol. The minimum atomic E-state index is 0.314. The molecule has 2 unspecified atom stereocenters. The molecule has 174 valence electrons. The fraction of sp³-hybridized carbons (Fsp3) is 0.308. The maximum atomic E-state index is 5.87. The first-order chi connectivity index (χ1) is 16.6. The molecule has 6 rings (SSSR count). The van der Waals surface area contributed by atoms with Gasteiger partial charge in [-0.1, -0.05) is 18.6 Å². The van der Waals surface area contributed by atoms with Crippen LogP contribution in [-0.4, -0.2) is 32.7 Å². The summed E-state index contributed by atoms with van der Waals surface area (Å²) in [5.74, 6) is 3.15. The van der Waals surface area contributed by atoms with Crippen LogP contribution >= 0.6 is 12.2 Å². The second-order valence-electron chi connectivity index (χ2n) is 9.13. The molecule has 7 nitrogen and oxygen atoms in total. The number of imidazole rings is 2. The van der Waals surface area contributed by atoms with Crippen LogP contribution in [0.3, 0.4) is 0 Å². The Balaban J connectivity index is 1.47. The van der Waals surface area contributed by atoms with Gasteiger partial charge in [-0.25, -0.2) is 4.98 Å².